The van der Waals surface area contributed by atoms with Crippen molar-refractivity contribution in [2.24, 2.45) is 0 Å². The Morgan fingerprint density at radius 1 is 1.50 bits per heavy atom. The van der Waals surface area contributed by atoms with Crippen molar-refractivity contribution in [1.82, 2.24) is 5.09 Å². The van der Waals surface area contributed by atoms with Crippen molar-refractivity contribution in [2.45, 2.75) is 45.4 Å². The Kier molecular flexibility index (Phi) is 5.75. The number of thiol groups is 1. The predicted molar refractivity (Wildman–Crippen MR) is 60.8 cm³/mol. The lowest BCUT2D eigenvalue weighted by molar-refractivity contribution is -0.0600. The zero-order valence-electron chi connectivity index (χ0n) is 8.29. The second-order valence-electron chi connectivity index (χ2n) is 3.89. The molecule has 0 amide bonds. The highest BCUT2D eigenvalue weighted by Gasteiger charge is 2.20. The molecule has 0 aromatic heterocycles. The van der Waals surface area contributed by atoms with E-state index >= 15 is 0 Å². The van der Waals surface area contributed by atoms with Gasteiger partial charge in [0, 0.05) is 11.8 Å². The van der Waals surface area contributed by atoms with E-state index in [1.54, 1.807) is 0 Å². The summed E-state index contributed by atoms with van der Waals surface area (Å²) in [5.41, 5.74) is -0.0812. The Labute approximate surface area is 83.5 Å². The molecule has 12 heavy (non-hydrogen) atoms. The van der Waals surface area contributed by atoms with Crippen LogP contribution in [0, 0.1) is 0 Å². The van der Waals surface area contributed by atoms with Gasteiger partial charge in [-0.25, -0.2) is 0 Å². The molecule has 0 bridgehead atoms. The maximum absolute atomic E-state index is 5.76. The van der Waals surface area contributed by atoms with Crippen molar-refractivity contribution in [3.05, 3.63) is 0 Å². The molecule has 4 heteroatoms. The molecule has 0 saturated carbocycles. The molecule has 0 spiro atoms. The average molecular weight is 209 g/mol. The van der Waals surface area contributed by atoms with Gasteiger partial charge >= 0.3 is 0 Å². The van der Waals surface area contributed by atoms with Crippen LogP contribution >= 0.6 is 22.0 Å². The first kappa shape index (κ1) is 12.7. The zero-order chi connectivity index (χ0) is 9.78. The maximum Gasteiger partial charge on any atom is 0.0717 e. The monoisotopic (exact) mass is 209 g/mol. The zero-order valence-corrected chi connectivity index (χ0v) is 10.3. The molecule has 0 aromatic carbocycles. The van der Waals surface area contributed by atoms with E-state index in [0.29, 0.717) is 0 Å². The Hall–Kier alpha value is 0.700. The summed E-state index contributed by atoms with van der Waals surface area (Å²) in [6.45, 7) is 8.23. The molecule has 1 unspecified atom stereocenters. The van der Waals surface area contributed by atoms with E-state index in [4.69, 9.17) is 4.74 Å². The van der Waals surface area contributed by atoms with E-state index in [0.717, 1.165) is 5.75 Å². The van der Waals surface area contributed by atoms with Crippen molar-refractivity contribution in [2.75, 3.05) is 5.75 Å². The lowest BCUT2D eigenvalue weighted by atomic mass is 10.1. The third-order valence-corrected chi connectivity index (χ3v) is 2.34. The summed E-state index contributed by atoms with van der Waals surface area (Å²) in [6.07, 6.45) is 0.181. The van der Waals surface area contributed by atoms with Crippen LogP contribution in [0.2, 0.25) is 0 Å². The van der Waals surface area contributed by atoms with Gasteiger partial charge in [0.05, 0.1) is 11.7 Å². The highest BCUT2D eigenvalue weighted by atomic mass is 32.1. The normalized spacial score (nSPS) is 17.5. The SMILES string of the molecule is C[C@@H](OC(C)(C)C)[C@@H](CS)NP. The van der Waals surface area contributed by atoms with Crippen molar-refractivity contribution < 1.29 is 4.74 Å². The number of hydrogen-bond donors (Lipinski definition) is 2. The number of hydrogen-bond acceptors (Lipinski definition) is 3. The Balaban J connectivity index is 3.92. The molecule has 2 nitrogen and oxygen atoms in total. The molecule has 0 aliphatic carbocycles. The largest absolute Gasteiger partial charge is 0.371 e. The van der Waals surface area contributed by atoms with Crippen LogP contribution in [-0.4, -0.2) is 23.5 Å². The summed E-state index contributed by atoms with van der Waals surface area (Å²) in [4.78, 5) is 0. The fraction of sp³-hybridized carbons (Fsp3) is 1.00. The van der Waals surface area contributed by atoms with E-state index in [2.05, 4.69) is 54.8 Å². The van der Waals surface area contributed by atoms with Crippen molar-refractivity contribution in [3.63, 3.8) is 0 Å². The summed E-state index contributed by atoms with van der Waals surface area (Å²) in [5, 5.41) is 3.09. The average Bonchev–Trinajstić information content (AvgIpc) is 1.85. The van der Waals surface area contributed by atoms with Crippen LogP contribution < -0.4 is 5.09 Å². The molecule has 0 fully saturated rings. The minimum absolute atomic E-state index is 0.0812. The standard InChI is InChI=1S/C8H20NOPS/c1-6(7(5-12)9-11)10-8(2,3)4/h6-7,9,12H,5,11H2,1-4H3/t6-,7-/m1/s1. The molecule has 3 atom stereocenters. The van der Waals surface area contributed by atoms with Gasteiger partial charge in [0.15, 0.2) is 0 Å². The van der Waals surface area contributed by atoms with Gasteiger partial charge in [0.1, 0.15) is 0 Å². The van der Waals surface area contributed by atoms with Gasteiger partial charge in [-0.1, -0.05) is 9.39 Å². The van der Waals surface area contributed by atoms with Crippen LogP contribution in [0.1, 0.15) is 27.7 Å². The highest BCUT2D eigenvalue weighted by Crippen LogP contribution is 2.13. The van der Waals surface area contributed by atoms with Gasteiger partial charge in [-0.3, -0.25) is 5.09 Å². The summed E-state index contributed by atoms with van der Waals surface area (Å²) >= 11 is 4.23. The van der Waals surface area contributed by atoms with Crippen LogP contribution in [0.3, 0.4) is 0 Å². The van der Waals surface area contributed by atoms with Crippen molar-refractivity contribution in [1.29, 1.82) is 0 Å². The van der Waals surface area contributed by atoms with E-state index in [1.165, 1.54) is 0 Å². The second kappa shape index (κ2) is 5.43. The topological polar surface area (TPSA) is 21.3 Å². The molecule has 74 valence electrons. The third-order valence-electron chi connectivity index (χ3n) is 1.52. The van der Waals surface area contributed by atoms with Gasteiger partial charge in [-0.2, -0.15) is 12.6 Å². The molecule has 0 rings (SSSR count). The van der Waals surface area contributed by atoms with Crippen LogP contribution in [-0.2, 0) is 4.74 Å². The van der Waals surface area contributed by atoms with Crippen molar-refractivity contribution >= 4 is 22.0 Å². The van der Waals surface area contributed by atoms with Crippen LogP contribution in [0.5, 0.6) is 0 Å². The number of ether oxygens (including phenoxy) is 1. The van der Waals surface area contributed by atoms with Crippen LogP contribution in [0.15, 0.2) is 0 Å². The molecule has 0 aromatic rings. The van der Waals surface area contributed by atoms with E-state index in [1.807, 2.05) is 0 Å². The molecule has 0 saturated heterocycles. The molecule has 0 aliphatic heterocycles. The first-order valence-electron chi connectivity index (χ1n) is 4.15. The van der Waals surface area contributed by atoms with Gasteiger partial charge in [0.25, 0.3) is 0 Å². The minimum atomic E-state index is -0.0812. The lowest BCUT2D eigenvalue weighted by Crippen LogP contribution is -2.40. The van der Waals surface area contributed by atoms with Crippen molar-refractivity contribution in [3.8, 4) is 0 Å². The second-order valence-corrected chi connectivity index (χ2v) is 4.59. The molecule has 1 N–H and O–H groups in total. The first-order valence-corrected chi connectivity index (χ1v) is 5.36. The summed E-state index contributed by atoms with van der Waals surface area (Å²) < 4.78 is 5.76. The number of rotatable bonds is 4. The minimum Gasteiger partial charge on any atom is -0.371 e. The van der Waals surface area contributed by atoms with Gasteiger partial charge in [-0.15, -0.1) is 0 Å². The third kappa shape index (κ3) is 5.36. The molecular weight excluding hydrogens is 189 g/mol. The lowest BCUT2D eigenvalue weighted by Gasteiger charge is -2.29. The fourth-order valence-electron chi connectivity index (χ4n) is 0.976. The summed E-state index contributed by atoms with van der Waals surface area (Å²) in [5.74, 6) is 0.779. The van der Waals surface area contributed by atoms with E-state index in [-0.39, 0.29) is 17.7 Å². The Morgan fingerprint density at radius 2 is 2.00 bits per heavy atom. The van der Waals surface area contributed by atoms with Gasteiger partial charge in [0.2, 0.25) is 0 Å². The molecule has 0 radical (unpaired) electrons. The van der Waals surface area contributed by atoms with Gasteiger partial charge < -0.3 is 4.74 Å². The smallest absolute Gasteiger partial charge is 0.0717 e. The molecule has 0 aliphatic rings. The van der Waals surface area contributed by atoms with E-state index in [9.17, 15) is 0 Å². The Morgan fingerprint density at radius 3 is 2.25 bits per heavy atom. The first-order chi connectivity index (χ1) is 5.40. The molecular formula is C8H20NOPS. The summed E-state index contributed by atoms with van der Waals surface area (Å²) in [7, 11) is 2.50. The maximum atomic E-state index is 5.76. The van der Waals surface area contributed by atoms with Gasteiger partial charge in [-0.05, 0) is 27.7 Å². The number of nitrogens with one attached hydrogen (secondary N) is 1. The quantitative estimate of drug-likeness (QED) is 0.545. The van der Waals surface area contributed by atoms with Crippen LogP contribution in [0.25, 0.3) is 0 Å². The summed E-state index contributed by atoms with van der Waals surface area (Å²) in [6, 6.07) is 0.289. The van der Waals surface area contributed by atoms with Crippen LogP contribution in [0.4, 0.5) is 0 Å². The predicted octanol–water partition coefficient (Wildman–Crippen LogP) is 1.87. The fourth-order valence-corrected chi connectivity index (χ4v) is 1.97. The highest BCUT2D eigenvalue weighted by molar-refractivity contribution is 7.80. The Bertz CT molecular complexity index is 123. The molecule has 0 heterocycles. The van der Waals surface area contributed by atoms with E-state index < -0.39 is 0 Å².